The number of carbonyl (C=O) groups is 1. The lowest BCUT2D eigenvalue weighted by Gasteiger charge is -2.17. The highest BCUT2D eigenvalue weighted by Crippen LogP contribution is 2.38. The molecule has 0 spiro atoms. The van der Waals surface area contributed by atoms with Crippen molar-refractivity contribution in [2.24, 2.45) is 0 Å². The number of nitrogens with one attached hydrogen (secondary N) is 1. The van der Waals surface area contributed by atoms with Crippen molar-refractivity contribution in [1.82, 2.24) is 0 Å². The molecule has 6 nitrogen and oxygen atoms in total. The smallest absolute Gasteiger partial charge is 0.416 e. The fourth-order valence-corrected chi connectivity index (χ4v) is 4.50. The molecule has 0 aliphatic carbocycles. The van der Waals surface area contributed by atoms with E-state index in [9.17, 15) is 26.4 Å². The summed E-state index contributed by atoms with van der Waals surface area (Å²) in [4.78, 5) is 11.4. The van der Waals surface area contributed by atoms with Gasteiger partial charge in [0.25, 0.3) is 10.0 Å². The summed E-state index contributed by atoms with van der Waals surface area (Å²) in [5.41, 5.74) is -0.919. The Hall–Kier alpha value is -3.24. The van der Waals surface area contributed by atoms with Crippen molar-refractivity contribution < 1.29 is 35.9 Å². The summed E-state index contributed by atoms with van der Waals surface area (Å²) in [6.07, 6.45) is -4.71. The van der Waals surface area contributed by atoms with Gasteiger partial charge in [-0.05, 0) is 48.0 Å². The number of carbonyl (C=O) groups excluding carboxylic acids is 1. The average Bonchev–Trinajstić information content (AvgIpc) is 2.77. The third kappa shape index (κ3) is 5.40. The van der Waals surface area contributed by atoms with Crippen molar-refractivity contribution in [3.8, 4) is 16.9 Å². The van der Waals surface area contributed by atoms with Gasteiger partial charge in [0.1, 0.15) is 10.6 Å². The number of hydrogen-bond donors (Lipinski definition) is 1. The molecule has 0 aromatic heterocycles. The van der Waals surface area contributed by atoms with Crippen LogP contribution in [-0.4, -0.2) is 28.6 Å². The van der Waals surface area contributed by atoms with Gasteiger partial charge in [0, 0.05) is 10.6 Å². The van der Waals surface area contributed by atoms with E-state index in [0.29, 0.717) is 16.7 Å². The van der Waals surface area contributed by atoms with Crippen LogP contribution in [0.15, 0.2) is 65.6 Å². The fourth-order valence-electron chi connectivity index (χ4n) is 3.04. The molecule has 0 fully saturated rings. The minimum absolute atomic E-state index is 0.0854. The second-order valence-corrected chi connectivity index (χ2v) is 8.82. The number of benzene rings is 3. The van der Waals surface area contributed by atoms with Crippen molar-refractivity contribution >= 4 is 33.3 Å². The number of esters is 1. The van der Waals surface area contributed by atoms with E-state index in [4.69, 9.17) is 16.3 Å². The standard InChI is InChI=1S/C22H17ClF3NO5S/c1-31-19-9-6-14(21(28)32-2)11-20(19)33(29,30)27-18-12-15(22(24,25)26)7-8-17(18)13-4-3-5-16(23)10-13/h3-12,27H,1-2H3. The number of halogens is 4. The molecule has 3 rings (SSSR count). The van der Waals surface area contributed by atoms with Gasteiger partial charge in [-0.25, -0.2) is 13.2 Å². The monoisotopic (exact) mass is 499 g/mol. The summed E-state index contributed by atoms with van der Waals surface area (Å²) in [7, 11) is -2.17. The molecule has 0 heterocycles. The summed E-state index contributed by atoms with van der Waals surface area (Å²) >= 11 is 6.00. The number of methoxy groups -OCH3 is 2. The Morgan fingerprint density at radius 3 is 2.33 bits per heavy atom. The summed E-state index contributed by atoms with van der Waals surface area (Å²) < 4.78 is 78.3. The summed E-state index contributed by atoms with van der Waals surface area (Å²) in [5, 5.41) is 0.314. The van der Waals surface area contributed by atoms with E-state index in [0.717, 1.165) is 25.3 Å². The summed E-state index contributed by atoms with van der Waals surface area (Å²) in [5.74, 6) is -0.917. The Balaban J connectivity index is 2.17. The average molecular weight is 500 g/mol. The molecule has 33 heavy (non-hydrogen) atoms. The number of anilines is 1. The molecule has 0 unspecified atom stereocenters. The lowest BCUT2D eigenvalue weighted by molar-refractivity contribution is -0.137. The normalized spacial score (nSPS) is 11.7. The van der Waals surface area contributed by atoms with E-state index >= 15 is 0 Å². The molecule has 0 saturated heterocycles. The quantitative estimate of drug-likeness (QED) is 0.445. The number of rotatable bonds is 6. The van der Waals surface area contributed by atoms with Crippen molar-refractivity contribution in [2.75, 3.05) is 18.9 Å². The molecular formula is C22H17ClF3NO5S. The number of hydrogen-bond acceptors (Lipinski definition) is 5. The molecule has 0 bridgehead atoms. The lowest BCUT2D eigenvalue weighted by Crippen LogP contribution is -2.17. The van der Waals surface area contributed by atoms with Crippen molar-refractivity contribution in [2.45, 2.75) is 11.1 Å². The second kappa shape index (κ2) is 9.32. The van der Waals surface area contributed by atoms with Gasteiger partial charge in [0.2, 0.25) is 0 Å². The SMILES string of the molecule is COC(=O)c1ccc(OC)c(S(=O)(=O)Nc2cc(C(F)(F)F)ccc2-c2cccc(Cl)c2)c1. The van der Waals surface area contributed by atoms with Crippen LogP contribution in [0.5, 0.6) is 5.75 Å². The Labute approximate surface area is 193 Å². The van der Waals surface area contributed by atoms with Crippen LogP contribution >= 0.6 is 11.6 Å². The third-order valence-corrected chi connectivity index (χ3v) is 6.22. The molecule has 174 valence electrons. The van der Waals surface area contributed by atoms with Crippen molar-refractivity contribution in [3.05, 3.63) is 76.8 Å². The van der Waals surface area contributed by atoms with E-state index in [-0.39, 0.29) is 22.6 Å². The first-order valence-corrected chi connectivity index (χ1v) is 11.1. The molecule has 0 aliphatic rings. The Bertz CT molecular complexity index is 1310. The highest BCUT2D eigenvalue weighted by Gasteiger charge is 2.32. The molecule has 0 aliphatic heterocycles. The first-order valence-electron chi connectivity index (χ1n) is 9.22. The highest BCUT2D eigenvalue weighted by molar-refractivity contribution is 7.92. The van der Waals surface area contributed by atoms with Gasteiger partial charge in [0.15, 0.2) is 0 Å². The fraction of sp³-hybridized carbons (Fsp3) is 0.136. The summed E-state index contributed by atoms with van der Waals surface area (Å²) in [6, 6.07) is 12.4. The van der Waals surface area contributed by atoms with Crippen LogP contribution in [-0.2, 0) is 20.9 Å². The molecule has 0 radical (unpaired) electrons. The van der Waals surface area contributed by atoms with Gasteiger partial charge in [-0.1, -0.05) is 29.8 Å². The van der Waals surface area contributed by atoms with Crippen LogP contribution in [0, 0.1) is 0 Å². The zero-order valence-corrected chi connectivity index (χ0v) is 18.8. The van der Waals surface area contributed by atoms with Crippen LogP contribution in [0.2, 0.25) is 5.02 Å². The summed E-state index contributed by atoms with van der Waals surface area (Å²) in [6.45, 7) is 0. The Kier molecular flexibility index (Phi) is 6.89. The van der Waals surface area contributed by atoms with Crippen molar-refractivity contribution in [1.29, 1.82) is 0 Å². The molecule has 3 aromatic rings. The molecule has 0 atom stereocenters. The zero-order valence-electron chi connectivity index (χ0n) is 17.2. The molecule has 0 amide bonds. The first kappa shape index (κ1) is 24.4. The van der Waals surface area contributed by atoms with Gasteiger partial charge < -0.3 is 9.47 Å². The van der Waals surface area contributed by atoms with E-state index in [1.807, 2.05) is 0 Å². The minimum Gasteiger partial charge on any atom is -0.495 e. The molecular weight excluding hydrogens is 483 g/mol. The molecule has 11 heteroatoms. The minimum atomic E-state index is -4.71. The maximum Gasteiger partial charge on any atom is 0.416 e. The predicted octanol–water partition coefficient (Wildman–Crippen LogP) is 5.62. The number of ether oxygens (including phenoxy) is 2. The van der Waals surface area contributed by atoms with Crippen molar-refractivity contribution in [3.63, 3.8) is 0 Å². The van der Waals surface area contributed by atoms with Gasteiger partial charge >= 0.3 is 12.1 Å². The number of sulfonamides is 1. The van der Waals surface area contributed by atoms with Crippen LogP contribution in [0.1, 0.15) is 15.9 Å². The van der Waals surface area contributed by atoms with E-state index in [2.05, 4.69) is 9.46 Å². The van der Waals surface area contributed by atoms with Crippen LogP contribution < -0.4 is 9.46 Å². The third-order valence-electron chi connectivity index (χ3n) is 4.60. The Morgan fingerprint density at radius 1 is 1.00 bits per heavy atom. The van der Waals surface area contributed by atoms with Gasteiger partial charge in [-0.3, -0.25) is 4.72 Å². The van der Waals surface area contributed by atoms with Crippen LogP contribution in [0.4, 0.5) is 18.9 Å². The van der Waals surface area contributed by atoms with Crippen LogP contribution in [0.3, 0.4) is 0 Å². The highest BCUT2D eigenvalue weighted by atomic mass is 35.5. The second-order valence-electron chi connectivity index (χ2n) is 6.73. The molecule has 1 N–H and O–H groups in total. The van der Waals surface area contributed by atoms with Gasteiger partial charge in [0.05, 0.1) is 31.0 Å². The van der Waals surface area contributed by atoms with Gasteiger partial charge in [-0.2, -0.15) is 13.2 Å². The largest absolute Gasteiger partial charge is 0.495 e. The molecule has 3 aromatic carbocycles. The predicted molar refractivity (Wildman–Crippen MR) is 117 cm³/mol. The topological polar surface area (TPSA) is 81.7 Å². The zero-order chi connectivity index (χ0) is 24.4. The van der Waals surface area contributed by atoms with Crippen LogP contribution in [0.25, 0.3) is 11.1 Å². The van der Waals surface area contributed by atoms with Gasteiger partial charge in [-0.15, -0.1) is 0 Å². The van der Waals surface area contributed by atoms with E-state index in [1.54, 1.807) is 18.2 Å². The maximum atomic E-state index is 13.4. The van der Waals surface area contributed by atoms with E-state index in [1.165, 1.54) is 25.3 Å². The maximum absolute atomic E-state index is 13.4. The lowest BCUT2D eigenvalue weighted by atomic mass is 10.0. The first-order chi connectivity index (χ1) is 15.5. The molecule has 0 saturated carbocycles. The Morgan fingerprint density at radius 2 is 1.73 bits per heavy atom. The number of alkyl halides is 3. The van der Waals surface area contributed by atoms with E-state index < -0.39 is 32.6 Å².